The normalized spacial score (nSPS) is 31.0. The third-order valence-corrected chi connectivity index (χ3v) is 5.48. The molecule has 1 N–H and O–H groups in total. The molecule has 2 atom stereocenters. The summed E-state index contributed by atoms with van der Waals surface area (Å²) in [4.78, 5) is 40.3. The number of rotatable bonds is 2. The van der Waals surface area contributed by atoms with E-state index in [4.69, 9.17) is 0 Å². The van der Waals surface area contributed by atoms with E-state index in [0.717, 1.165) is 37.0 Å². The molecule has 3 fully saturated rings. The average molecular weight is 307 g/mol. The van der Waals surface area contributed by atoms with Gasteiger partial charge in [-0.1, -0.05) is 12.8 Å². The second kappa shape index (κ2) is 5.56. The van der Waals surface area contributed by atoms with Crippen molar-refractivity contribution in [2.24, 2.45) is 0 Å². The maximum atomic E-state index is 12.6. The molecule has 3 rings (SSSR count). The number of hydrogen-bond acceptors (Lipinski definition) is 3. The first-order valence-electron chi connectivity index (χ1n) is 8.40. The molecule has 3 aliphatic rings. The number of imide groups is 1. The van der Waals surface area contributed by atoms with Crippen molar-refractivity contribution in [3.8, 4) is 0 Å². The number of urea groups is 1. The molecule has 0 unspecified atom stereocenters. The van der Waals surface area contributed by atoms with Crippen LogP contribution in [0.5, 0.6) is 0 Å². The van der Waals surface area contributed by atoms with Gasteiger partial charge in [0.1, 0.15) is 12.1 Å². The minimum Gasteiger partial charge on any atom is -0.336 e. The molecule has 0 radical (unpaired) electrons. The highest BCUT2D eigenvalue weighted by molar-refractivity contribution is 6.09. The van der Waals surface area contributed by atoms with Crippen LogP contribution >= 0.6 is 0 Å². The van der Waals surface area contributed by atoms with Crippen molar-refractivity contribution >= 4 is 17.8 Å². The number of likely N-dealkylation sites (tertiary alicyclic amines) is 1. The summed E-state index contributed by atoms with van der Waals surface area (Å²) in [6.45, 7) is 3.96. The monoisotopic (exact) mass is 307 g/mol. The summed E-state index contributed by atoms with van der Waals surface area (Å²) < 4.78 is 0. The number of piperidine rings is 1. The van der Waals surface area contributed by atoms with Gasteiger partial charge in [0.2, 0.25) is 5.91 Å². The lowest BCUT2D eigenvalue weighted by atomic mass is 9.97. The average Bonchev–Trinajstić information content (AvgIpc) is 3.00. The highest BCUT2D eigenvalue weighted by atomic mass is 16.2. The molecule has 2 heterocycles. The summed E-state index contributed by atoms with van der Waals surface area (Å²) in [5, 5.41) is 2.83. The number of nitrogens with zero attached hydrogens (tertiary/aromatic N) is 2. The summed E-state index contributed by atoms with van der Waals surface area (Å²) in [7, 11) is 0. The van der Waals surface area contributed by atoms with E-state index in [1.165, 1.54) is 0 Å². The van der Waals surface area contributed by atoms with Gasteiger partial charge in [0.05, 0.1) is 0 Å². The highest BCUT2D eigenvalue weighted by Gasteiger charge is 2.53. The van der Waals surface area contributed by atoms with Gasteiger partial charge in [-0.15, -0.1) is 0 Å². The van der Waals surface area contributed by atoms with Crippen molar-refractivity contribution in [3.63, 3.8) is 0 Å². The van der Waals surface area contributed by atoms with Crippen LogP contribution in [0.15, 0.2) is 0 Å². The van der Waals surface area contributed by atoms with Gasteiger partial charge >= 0.3 is 6.03 Å². The molecule has 0 bridgehead atoms. The Morgan fingerprint density at radius 3 is 2.32 bits per heavy atom. The zero-order valence-electron chi connectivity index (χ0n) is 13.4. The second-order valence-electron chi connectivity index (χ2n) is 7.04. The van der Waals surface area contributed by atoms with Gasteiger partial charge in [0.15, 0.2) is 0 Å². The summed E-state index contributed by atoms with van der Waals surface area (Å²) in [6.07, 6.45) is 6.39. The molecule has 122 valence electrons. The van der Waals surface area contributed by atoms with Crippen molar-refractivity contribution in [1.82, 2.24) is 15.1 Å². The lowest BCUT2D eigenvalue weighted by molar-refractivity contribution is -0.142. The second-order valence-corrected chi connectivity index (χ2v) is 7.04. The van der Waals surface area contributed by atoms with Gasteiger partial charge in [-0.25, -0.2) is 4.79 Å². The summed E-state index contributed by atoms with van der Waals surface area (Å²) in [5.74, 6) is -0.320. The van der Waals surface area contributed by atoms with Crippen LogP contribution in [0.25, 0.3) is 0 Å². The third-order valence-electron chi connectivity index (χ3n) is 5.48. The summed E-state index contributed by atoms with van der Waals surface area (Å²) in [6, 6.07) is -0.0486. The maximum Gasteiger partial charge on any atom is 0.325 e. The largest absolute Gasteiger partial charge is 0.336 e. The van der Waals surface area contributed by atoms with Crippen molar-refractivity contribution in [3.05, 3.63) is 0 Å². The standard InChI is InChI=1S/C16H25N3O3/c1-11-6-5-7-12(2)19(11)13(20)10-18-14(21)16(17-15(18)22)8-3-4-9-16/h11-12H,3-10H2,1-2H3,(H,17,22)/t11-,12+. The minimum atomic E-state index is -0.726. The van der Waals surface area contributed by atoms with Gasteiger partial charge in [-0.3, -0.25) is 14.5 Å². The van der Waals surface area contributed by atoms with Gasteiger partial charge < -0.3 is 10.2 Å². The van der Waals surface area contributed by atoms with Crippen LogP contribution < -0.4 is 5.32 Å². The predicted octanol–water partition coefficient (Wildman–Crippen LogP) is 1.64. The van der Waals surface area contributed by atoms with Crippen molar-refractivity contribution in [2.75, 3.05) is 6.54 Å². The fourth-order valence-electron chi connectivity index (χ4n) is 4.27. The Labute approximate surface area is 131 Å². The topological polar surface area (TPSA) is 69.7 Å². The molecular weight excluding hydrogens is 282 g/mol. The van der Waals surface area contributed by atoms with Crippen LogP contribution in [0.3, 0.4) is 0 Å². The van der Waals surface area contributed by atoms with E-state index in [1.54, 1.807) is 0 Å². The van der Waals surface area contributed by atoms with Gasteiger partial charge in [-0.05, 0) is 46.0 Å². The van der Waals surface area contributed by atoms with Crippen LogP contribution in [0.1, 0.15) is 58.8 Å². The fourth-order valence-corrected chi connectivity index (χ4v) is 4.27. The van der Waals surface area contributed by atoms with E-state index in [-0.39, 0.29) is 30.4 Å². The molecule has 6 nitrogen and oxygen atoms in total. The molecule has 0 aromatic rings. The van der Waals surface area contributed by atoms with E-state index in [9.17, 15) is 14.4 Å². The lowest BCUT2D eigenvalue weighted by Gasteiger charge is -2.39. The third kappa shape index (κ3) is 2.38. The first-order chi connectivity index (χ1) is 10.4. The molecule has 2 saturated heterocycles. The van der Waals surface area contributed by atoms with Crippen LogP contribution in [0, 0.1) is 0 Å². The minimum absolute atomic E-state index is 0.113. The summed E-state index contributed by atoms with van der Waals surface area (Å²) >= 11 is 0. The quantitative estimate of drug-likeness (QED) is 0.789. The predicted molar refractivity (Wildman–Crippen MR) is 81.1 cm³/mol. The van der Waals surface area contributed by atoms with Gasteiger partial charge in [0.25, 0.3) is 5.91 Å². The van der Waals surface area contributed by atoms with Crippen LogP contribution in [0.2, 0.25) is 0 Å². The molecule has 1 spiro atoms. The molecule has 0 aromatic heterocycles. The molecule has 1 saturated carbocycles. The lowest BCUT2D eigenvalue weighted by Crippen LogP contribution is -2.52. The highest BCUT2D eigenvalue weighted by Crippen LogP contribution is 2.35. The number of hydrogen-bond donors (Lipinski definition) is 1. The van der Waals surface area contributed by atoms with E-state index in [0.29, 0.717) is 12.8 Å². The zero-order chi connectivity index (χ0) is 15.9. The Kier molecular flexibility index (Phi) is 3.87. The zero-order valence-corrected chi connectivity index (χ0v) is 13.4. The Morgan fingerprint density at radius 1 is 1.14 bits per heavy atom. The Morgan fingerprint density at radius 2 is 1.73 bits per heavy atom. The number of amides is 4. The van der Waals surface area contributed by atoms with Crippen molar-refractivity contribution in [2.45, 2.75) is 76.4 Å². The smallest absolute Gasteiger partial charge is 0.325 e. The van der Waals surface area contributed by atoms with E-state index >= 15 is 0 Å². The first kappa shape index (κ1) is 15.3. The number of carbonyl (C=O) groups is 3. The fraction of sp³-hybridized carbons (Fsp3) is 0.812. The van der Waals surface area contributed by atoms with Crippen molar-refractivity contribution < 1.29 is 14.4 Å². The number of nitrogens with one attached hydrogen (secondary N) is 1. The van der Waals surface area contributed by atoms with Crippen LogP contribution in [-0.2, 0) is 9.59 Å². The Hall–Kier alpha value is -1.59. The SMILES string of the molecule is C[C@@H]1CCC[C@H](C)N1C(=O)CN1C(=O)NC2(CCCC2)C1=O. The van der Waals surface area contributed by atoms with Crippen LogP contribution in [-0.4, -0.2) is 51.8 Å². The van der Waals surface area contributed by atoms with Gasteiger partial charge in [-0.2, -0.15) is 0 Å². The van der Waals surface area contributed by atoms with Crippen molar-refractivity contribution in [1.29, 1.82) is 0 Å². The molecule has 22 heavy (non-hydrogen) atoms. The van der Waals surface area contributed by atoms with E-state index in [2.05, 4.69) is 5.32 Å². The van der Waals surface area contributed by atoms with E-state index in [1.807, 2.05) is 18.7 Å². The molecule has 6 heteroatoms. The molecular formula is C16H25N3O3. The van der Waals surface area contributed by atoms with Crippen LogP contribution in [0.4, 0.5) is 4.79 Å². The first-order valence-corrected chi connectivity index (χ1v) is 8.40. The molecule has 1 aliphatic carbocycles. The summed E-state index contributed by atoms with van der Waals surface area (Å²) in [5.41, 5.74) is -0.726. The molecule has 4 amide bonds. The van der Waals surface area contributed by atoms with E-state index < -0.39 is 11.6 Å². The maximum absolute atomic E-state index is 12.6. The number of carbonyl (C=O) groups excluding carboxylic acids is 3. The molecule has 2 aliphatic heterocycles. The molecule has 0 aromatic carbocycles. The van der Waals surface area contributed by atoms with Gasteiger partial charge in [0, 0.05) is 12.1 Å². The Balaban J connectivity index is 1.71. The Bertz CT molecular complexity index is 489.